The molecule has 0 saturated carbocycles. The topological polar surface area (TPSA) is 33.2 Å². The first-order valence-corrected chi connectivity index (χ1v) is 12.2. The number of aryl methyl sites for hydroxylation is 1. The Labute approximate surface area is 196 Å². The lowest BCUT2D eigenvalue weighted by molar-refractivity contribution is 0.0985. The summed E-state index contributed by atoms with van der Waals surface area (Å²) in [6, 6.07) is 21.7. The van der Waals surface area contributed by atoms with Gasteiger partial charge in [0.15, 0.2) is 5.13 Å². The van der Waals surface area contributed by atoms with Gasteiger partial charge in [-0.1, -0.05) is 67.1 Å². The Morgan fingerprint density at radius 3 is 2.45 bits per heavy atom. The molecule has 0 N–H and O–H groups in total. The predicted molar refractivity (Wildman–Crippen MR) is 134 cm³/mol. The lowest BCUT2D eigenvalue weighted by Crippen LogP contribution is -2.30. The number of nitrogens with zero attached hydrogens (tertiary/aromatic N) is 2. The first-order valence-electron chi connectivity index (χ1n) is 10.1. The van der Waals surface area contributed by atoms with Gasteiger partial charge in [-0.2, -0.15) is 0 Å². The minimum atomic E-state index is -0.0623. The number of amides is 1. The number of benzene rings is 3. The lowest BCUT2D eigenvalue weighted by atomic mass is 10.1. The van der Waals surface area contributed by atoms with Crippen molar-refractivity contribution in [3.63, 3.8) is 0 Å². The van der Waals surface area contributed by atoms with E-state index in [4.69, 9.17) is 16.6 Å². The van der Waals surface area contributed by atoms with Gasteiger partial charge >= 0.3 is 0 Å². The maximum Gasteiger partial charge on any atom is 0.260 e. The summed E-state index contributed by atoms with van der Waals surface area (Å²) in [4.78, 5) is 21.3. The molecule has 0 atom stereocenters. The Hall–Kier alpha value is -2.34. The molecule has 4 aromatic rings. The van der Waals surface area contributed by atoms with E-state index in [9.17, 15) is 4.79 Å². The largest absolute Gasteiger partial charge is 0.279 e. The van der Waals surface area contributed by atoms with E-state index in [1.807, 2.05) is 73.7 Å². The third-order valence-electron chi connectivity index (χ3n) is 4.87. The highest BCUT2D eigenvalue weighted by Crippen LogP contribution is 2.35. The molecule has 0 aliphatic carbocycles. The Morgan fingerprint density at radius 1 is 1.06 bits per heavy atom. The summed E-state index contributed by atoms with van der Waals surface area (Å²) in [5, 5.41) is 1.85. The number of halogens is 1. The summed E-state index contributed by atoms with van der Waals surface area (Å²) in [5.74, 6) is -0.0623. The summed E-state index contributed by atoms with van der Waals surface area (Å²) in [6.45, 7) is 6.73. The third kappa shape index (κ3) is 4.95. The van der Waals surface area contributed by atoms with E-state index in [1.54, 1.807) is 16.7 Å². The Balaban J connectivity index is 1.72. The molecule has 3 nitrogen and oxygen atoms in total. The van der Waals surface area contributed by atoms with Crippen molar-refractivity contribution < 1.29 is 4.79 Å². The second-order valence-corrected chi connectivity index (χ2v) is 10.6. The maximum absolute atomic E-state index is 13.6. The number of aromatic nitrogens is 1. The molecule has 3 aromatic carbocycles. The van der Waals surface area contributed by atoms with Gasteiger partial charge in [0.2, 0.25) is 0 Å². The molecule has 31 heavy (non-hydrogen) atoms. The van der Waals surface area contributed by atoms with Crippen molar-refractivity contribution in [1.29, 1.82) is 0 Å². The van der Waals surface area contributed by atoms with Crippen molar-refractivity contribution >= 4 is 56.0 Å². The molecule has 1 amide bonds. The molecule has 0 aliphatic heterocycles. The molecule has 0 fully saturated rings. The zero-order chi connectivity index (χ0) is 22.0. The van der Waals surface area contributed by atoms with E-state index >= 15 is 0 Å². The highest BCUT2D eigenvalue weighted by Gasteiger charge is 2.22. The summed E-state index contributed by atoms with van der Waals surface area (Å²) in [6.07, 6.45) is 0. The van der Waals surface area contributed by atoms with Crippen LogP contribution in [0.5, 0.6) is 0 Å². The molecule has 0 unspecified atom stereocenters. The summed E-state index contributed by atoms with van der Waals surface area (Å²) >= 11 is 9.60. The minimum Gasteiger partial charge on any atom is -0.279 e. The average Bonchev–Trinajstić information content (AvgIpc) is 3.20. The molecule has 158 valence electrons. The van der Waals surface area contributed by atoms with Crippen molar-refractivity contribution in [3.05, 3.63) is 88.4 Å². The number of anilines is 1. The molecule has 6 heteroatoms. The fourth-order valence-electron chi connectivity index (χ4n) is 3.30. The molecular formula is C25H23ClN2OS2. The number of rotatable bonds is 6. The number of carbonyl (C=O) groups excluding carboxylic acids is 1. The Morgan fingerprint density at radius 2 is 1.77 bits per heavy atom. The molecule has 0 saturated heterocycles. The quantitative estimate of drug-likeness (QED) is 0.274. The summed E-state index contributed by atoms with van der Waals surface area (Å²) < 4.78 is 1.02. The van der Waals surface area contributed by atoms with Crippen LogP contribution in [0.15, 0.2) is 71.6 Å². The number of thiazole rings is 1. The van der Waals surface area contributed by atoms with Crippen LogP contribution in [0, 0.1) is 6.92 Å². The molecule has 0 spiro atoms. The standard InChI is InChI=1S/C25H23ClN2OS2/c1-16(2)30-20-11-9-19(10-12-20)24(29)28(15-18-7-5-4-6-8-18)25-27-23-17(3)21(26)13-14-22(23)31-25/h4-14,16H,15H2,1-3H3. The number of carbonyl (C=O) groups is 1. The van der Waals surface area contributed by atoms with E-state index in [0.717, 1.165) is 26.2 Å². The molecule has 4 rings (SSSR count). The Kier molecular flexibility index (Phi) is 6.65. The van der Waals surface area contributed by atoms with Gasteiger partial charge in [-0.15, -0.1) is 11.8 Å². The summed E-state index contributed by atoms with van der Waals surface area (Å²) in [5.41, 5.74) is 3.49. The van der Waals surface area contributed by atoms with E-state index < -0.39 is 0 Å². The zero-order valence-electron chi connectivity index (χ0n) is 17.6. The first-order chi connectivity index (χ1) is 14.9. The second kappa shape index (κ2) is 9.43. The fraction of sp³-hybridized carbons (Fsp3) is 0.200. The van der Waals surface area contributed by atoms with Crippen molar-refractivity contribution in [3.8, 4) is 0 Å². The van der Waals surface area contributed by atoms with Gasteiger partial charge in [-0.3, -0.25) is 9.69 Å². The predicted octanol–water partition coefficient (Wildman–Crippen LogP) is 7.61. The highest BCUT2D eigenvalue weighted by molar-refractivity contribution is 7.99. The molecule has 1 heterocycles. The number of fused-ring (bicyclic) bond motifs is 1. The third-order valence-corrected chi connectivity index (χ3v) is 7.34. The highest BCUT2D eigenvalue weighted by atomic mass is 35.5. The van der Waals surface area contributed by atoms with Crippen molar-refractivity contribution in [2.45, 2.75) is 37.5 Å². The molecule has 0 aliphatic rings. The van der Waals surface area contributed by atoms with Crippen LogP contribution in [-0.4, -0.2) is 16.1 Å². The van der Waals surface area contributed by atoms with Crippen LogP contribution >= 0.6 is 34.7 Å². The second-order valence-electron chi connectivity index (χ2n) is 7.58. The van der Waals surface area contributed by atoms with Crippen molar-refractivity contribution in [2.24, 2.45) is 0 Å². The van der Waals surface area contributed by atoms with Gasteiger partial charge in [0.05, 0.1) is 16.8 Å². The van der Waals surface area contributed by atoms with E-state index in [-0.39, 0.29) is 5.91 Å². The van der Waals surface area contributed by atoms with Crippen LogP contribution in [0.2, 0.25) is 5.02 Å². The monoisotopic (exact) mass is 466 g/mol. The number of hydrogen-bond acceptors (Lipinski definition) is 4. The van der Waals surface area contributed by atoms with Crippen LogP contribution in [0.1, 0.15) is 35.3 Å². The van der Waals surface area contributed by atoms with Gasteiger partial charge in [0.25, 0.3) is 5.91 Å². The van der Waals surface area contributed by atoms with Crippen LogP contribution < -0.4 is 4.90 Å². The SMILES string of the molecule is Cc1c(Cl)ccc2sc(N(Cc3ccccc3)C(=O)c3ccc(SC(C)C)cc3)nc12. The average molecular weight is 467 g/mol. The van der Waals surface area contributed by atoms with Gasteiger partial charge < -0.3 is 0 Å². The fourth-order valence-corrected chi connectivity index (χ4v) is 5.31. The normalized spacial score (nSPS) is 11.3. The smallest absolute Gasteiger partial charge is 0.260 e. The van der Waals surface area contributed by atoms with Crippen LogP contribution in [0.25, 0.3) is 10.2 Å². The van der Waals surface area contributed by atoms with Crippen LogP contribution in [0.4, 0.5) is 5.13 Å². The van der Waals surface area contributed by atoms with Crippen molar-refractivity contribution in [2.75, 3.05) is 4.90 Å². The van der Waals surface area contributed by atoms with Gasteiger partial charge in [-0.25, -0.2) is 4.98 Å². The van der Waals surface area contributed by atoms with Gasteiger partial charge in [-0.05, 0) is 54.4 Å². The van der Waals surface area contributed by atoms with E-state index in [2.05, 4.69) is 13.8 Å². The minimum absolute atomic E-state index is 0.0623. The molecule has 0 bridgehead atoms. The number of hydrogen-bond donors (Lipinski definition) is 0. The maximum atomic E-state index is 13.6. The van der Waals surface area contributed by atoms with E-state index in [0.29, 0.717) is 27.5 Å². The molecule has 1 aromatic heterocycles. The van der Waals surface area contributed by atoms with Gasteiger partial charge in [0, 0.05) is 20.7 Å². The van der Waals surface area contributed by atoms with Crippen molar-refractivity contribution in [1.82, 2.24) is 4.98 Å². The summed E-state index contributed by atoms with van der Waals surface area (Å²) in [7, 11) is 0. The lowest BCUT2D eigenvalue weighted by Gasteiger charge is -2.20. The van der Waals surface area contributed by atoms with Crippen LogP contribution in [-0.2, 0) is 6.54 Å². The van der Waals surface area contributed by atoms with E-state index in [1.165, 1.54) is 11.3 Å². The first kappa shape index (κ1) is 21.9. The molecule has 0 radical (unpaired) electrons. The van der Waals surface area contributed by atoms with Crippen LogP contribution in [0.3, 0.4) is 0 Å². The van der Waals surface area contributed by atoms with Gasteiger partial charge in [0.1, 0.15) is 0 Å². The molecular weight excluding hydrogens is 444 g/mol. The zero-order valence-corrected chi connectivity index (χ0v) is 20.0. The Bertz CT molecular complexity index is 1200. The number of thioether (sulfide) groups is 1.